The number of rotatable bonds is 6. The largest absolute Gasteiger partial charge is 0.409 e. The summed E-state index contributed by atoms with van der Waals surface area (Å²) < 4.78 is 0. The third-order valence-corrected chi connectivity index (χ3v) is 4.27. The first-order valence-corrected chi connectivity index (χ1v) is 7.62. The molecule has 1 aromatic carbocycles. The van der Waals surface area contributed by atoms with Gasteiger partial charge in [0.1, 0.15) is 5.84 Å². The van der Waals surface area contributed by atoms with Crippen LogP contribution in [-0.4, -0.2) is 35.3 Å². The standard InChI is InChI=1S/C16H25N3O2/c17-16(19-21)15(13-4-2-1-3-5-13)11-18-10-12-6-8-14(20)9-7-12/h1-5,12,14-15,18,20-21H,6-11H2,(H2,17,19). The SMILES string of the molecule is N/C(=N/O)C(CNCC1CCC(O)CC1)c1ccccc1. The van der Waals surface area contributed by atoms with Gasteiger partial charge in [-0.1, -0.05) is 35.5 Å². The Hall–Kier alpha value is -1.59. The number of nitrogens with two attached hydrogens (primary N) is 1. The summed E-state index contributed by atoms with van der Waals surface area (Å²) in [6, 6.07) is 9.83. The summed E-state index contributed by atoms with van der Waals surface area (Å²) in [6.07, 6.45) is 3.81. The Kier molecular flexibility index (Phi) is 6.02. The molecule has 0 heterocycles. The van der Waals surface area contributed by atoms with Crippen molar-refractivity contribution in [2.24, 2.45) is 16.8 Å². The zero-order valence-corrected chi connectivity index (χ0v) is 12.3. The average Bonchev–Trinajstić information content (AvgIpc) is 2.53. The van der Waals surface area contributed by atoms with Gasteiger partial charge in [-0.15, -0.1) is 0 Å². The van der Waals surface area contributed by atoms with Gasteiger partial charge < -0.3 is 21.4 Å². The maximum atomic E-state index is 9.51. The highest BCUT2D eigenvalue weighted by Gasteiger charge is 2.20. The number of hydrogen-bond acceptors (Lipinski definition) is 4. The Labute approximate surface area is 125 Å². The van der Waals surface area contributed by atoms with Crippen molar-refractivity contribution in [3.63, 3.8) is 0 Å². The third kappa shape index (κ3) is 4.72. The van der Waals surface area contributed by atoms with E-state index < -0.39 is 0 Å². The highest BCUT2D eigenvalue weighted by molar-refractivity contribution is 5.87. The van der Waals surface area contributed by atoms with Crippen molar-refractivity contribution in [2.45, 2.75) is 37.7 Å². The second-order valence-electron chi connectivity index (χ2n) is 5.82. The molecular formula is C16H25N3O2. The summed E-state index contributed by atoms with van der Waals surface area (Å²) in [5.74, 6) is 0.718. The first-order chi connectivity index (χ1) is 10.2. The lowest BCUT2D eigenvalue weighted by atomic mass is 9.87. The van der Waals surface area contributed by atoms with E-state index in [9.17, 15) is 5.11 Å². The number of nitrogens with zero attached hydrogens (tertiary/aromatic N) is 1. The van der Waals surface area contributed by atoms with Crippen molar-refractivity contribution in [3.8, 4) is 0 Å². The number of oxime groups is 1. The lowest BCUT2D eigenvalue weighted by Crippen LogP contribution is -2.35. The second kappa shape index (κ2) is 8.00. The normalized spacial score (nSPS) is 24.7. The molecule has 116 valence electrons. The van der Waals surface area contributed by atoms with E-state index in [-0.39, 0.29) is 17.9 Å². The zero-order chi connectivity index (χ0) is 15.1. The molecular weight excluding hydrogens is 266 g/mol. The number of aliphatic hydroxyl groups is 1. The highest BCUT2D eigenvalue weighted by atomic mass is 16.4. The van der Waals surface area contributed by atoms with E-state index in [4.69, 9.17) is 10.9 Å². The predicted octanol–water partition coefficient (Wildman–Crippen LogP) is 1.66. The first-order valence-electron chi connectivity index (χ1n) is 7.62. The van der Waals surface area contributed by atoms with Gasteiger partial charge in [-0.2, -0.15) is 0 Å². The molecule has 0 aliphatic heterocycles. The molecule has 0 aromatic heterocycles. The molecule has 0 radical (unpaired) electrons. The van der Waals surface area contributed by atoms with Crippen LogP contribution < -0.4 is 11.1 Å². The predicted molar refractivity (Wildman–Crippen MR) is 83.4 cm³/mol. The molecule has 5 nitrogen and oxygen atoms in total. The molecule has 1 unspecified atom stereocenters. The van der Waals surface area contributed by atoms with Crippen LogP contribution in [-0.2, 0) is 0 Å². The molecule has 0 amide bonds. The van der Waals surface area contributed by atoms with Crippen LogP contribution in [0.15, 0.2) is 35.5 Å². The minimum absolute atomic E-state index is 0.115. The van der Waals surface area contributed by atoms with Crippen LogP contribution in [0.5, 0.6) is 0 Å². The van der Waals surface area contributed by atoms with Gasteiger partial charge in [0.15, 0.2) is 0 Å². The molecule has 0 bridgehead atoms. The van der Waals surface area contributed by atoms with Crippen molar-refractivity contribution in [3.05, 3.63) is 35.9 Å². The minimum atomic E-state index is -0.120. The minimum Gasteiger partial charge on any atom is -0.409 e. The topological polar surface area (TPSA) is 90.9 Å². The highest BCUT2D eigenvalue weighted by Crippen LogP contribution is 2.23. The van der Waals surface area contributed by atoms with Crippen molar-refractivity contribution in [2.75, 3.05) is 13.1 Å². The second-order valence-corrected chi connectivity index (χ2v) is 5.82. The summed E-state index contributed by atoms with van der Waals surface area (Å²) in [5, 5.41) is 25.1. The van der Waals surface area contributed by atoms with Crippen LogP contribution in [0, 0.1) is 5.92 Å². The molecule has 1 saturated carbocycles. The number of amidine groups is 1. The van der Waals surface area contributed by atoms with Crippen LogP contribution in [0.25, 0.3) is 0 Å². The van der Waals surface area contributed by atoms with Gasteiger partial charge in [0.25, 0.3) is 0 Å². The molecule has 5 N–H and O–H groups in total. The fraction of sp³-hybridized carbons (Fsp3) is 0.562. The Morgan fingerprint density at radius 1 is 1.24 bits per heavy atom. The van der Waals surface area contributed by atoms with E-state index in [1.54, 1.807) is 0 Å². The van der Waals surface area contributed by atoms with E-state index in [1.807, 2.05) is 30.3 Å². The molecule has 21 heavy (non-hydrogen) atoms. The number of benzene rings is 1. The first kappa shape index (κ1) is 15.8. The fourth-order valence-electron chi connectivity index (χ4n) is 2.93. The molecule has 0 saturated heterocycles. The van der Waals surface area contributed by atoms with Crippen LogP contribution in [0.2, 0.25) is 0 Å². The van der Waals surface area contributed by atoms with Gasteiger partial charge in [0, 0.05) is 6.54 Å². The van der Waals surface area contributed by atoms with Gasteiger partial charge in [-0.05, 0) is 43.7 Å². The Bertz CT molecular complexity index is 442. The van der Waals surface area contributed by atoms with Crippen LogP contribution >= 0.6 is 0 Å². The molecule has 1 aromatic rings. The molecule has 1 aliphatic rings. The van der Waals surface area contributed by atoms with Gasteiger partial charge in [-0.3, -0.25) is 0 Å². The number of nitrogens with one attached hydrogen (secondary N) is 1. The van der Waals surface area contributed by atoms with Crippen LogP contribution in [0.4, 0.5) is 0 Å². The Morgan fingerprint density at radius 3 is 2.52 bits per heavy atom. The van der Waals surface area contributed by atoms with Gasteiger partial charge in [-0.25, -0.2) is 0 Å². The summed E-state index contributed by atoms with van der Waals surface area (Å²) in [5.41, 5.74) is 6.85. The van der Waals surface area contributed by atoms with Crippen molar-refractivity contribution < 1.29 is 10.3 Å². The fourth-order valence-corrected chi connectivity index (χ4v) is 2.93. The quantitative estimate of drug-likeness (QED) is 0.278. The van der Waals surface area contributed by atoms with Crippen LogP contribution in [0.3, 0.4) is 0 Å². The van der Waals surface area contributed by atoms with Gasteiger partial charge >= 0.3 is 0 Å². The van der Waals surface area contributed by atoms with Gasteiger partial charge in [0.2, 0.25) is 0 Å². The van der Waals surface area contributed by atoms with Crippen LogP contribution in [0.1, 0.15) is 37.2 Å². The van der Waals surface area contributed by atoms with E-state index in [0.29, 0.717) is 12.5 Å². The molecule has 1 atom stereocenters. The summed E-state index contributed by atoms with van der Waals surface area (Å²) in [4.78, 5) is 0. The number of hydrogen-bond donors (Lipinski definition) is 4. The van der Waals surface area contributed by atoms with E-state index in [0.717, 1.165) is 37.8 Å². The van der Waals surface area contributed by atoms with Crippen molar-refractivity contribution in [1.29, 1.82) is 0 Å². The summed E-state index contributed by atoms with van der Waals surface area (Å²) in [7, 11) is 0. The zero-order valence-electron chi connectivity index (χ0n) is 12.3. The lowest BCUT2D eigenvalue weighted by Gasteiger charge is -2.26. The Balaban J connectivity index is 1.85. The van der Waals surface area contributed by atoms with E-state index in [2.05, 4.69) is 10.5 Å². The molecule has 1 aliphatic carbocycles. The summed E-state index contributed by atoms with van der Waals surface area (Å²) in [6.45, 7) is 1.56. The van der Waals surface area contributed by atoms with Gasteiger partial charge in [0.05, 0.1) is 12.0 Å². The maximum absolute atomic E-state index is 9.51. The maximum Gasteiger partial charge on any atom is 0.147 e. The lowest BCUT2D eigenvalue weighted by molar-refractivity contribution is 0.108. The molecule has 1 fully saturated rings. The average molecular weight is 291 g/mol. The third-order valence-electron chi connectivity index (χ3n) is 4.27. The van der Waals surface area contributed by atoms with Crippen molar-refractivity contribution >= 4 is 5.84 Å². The smallest absolute Gasteiger partial charge is 0.147 e. The van der Waals surface area contributed by atoms with Crippen molar-refractivity contribution in [1.82, 2.24) is 5.32 Å². The molecule has 2 rings (SSSR count). The number of aliphatic hydroxyl groups excluding tert-OH is 1. The molecule has 5 heteroatoms. The molecule has 0 spiro atoms. The monoisotopic (exact) mass is 291 g/mol. The summed E-state index contributed by atoms with van der Waals surface area (Å²) >= 11 is 0. The van der Waals surface area contributed by atoms with E-state index >= 15 is 0 Å². The van der Waals surface area contributed by atoms with E-state index in [1.165, 1.54) is 0 Å². The Morgan fingerprint density at radius 2 is 1.90 bits per heavy atom.